The van der Waals surface area contributed by atoms with Gasteiger partial charge >= 0.3 is 0 Å². The minimum absolute atomic E-state index is 0.308. The van der Waals surface area contributed by atoms with E-state index in [2.05, 4.69) is 31.2 Å². The maximum Gasteiger partial charge on any atom is 0.122 e. The molecule has 0 aromatic heterocycles. The molecular weight excluding hydrogens is 282 g/mol. The fraction of sp³-hybridized carbons (Fsp3) is 0.333. The smallest absolute Gasteiger partial charge is 0.122 e. The highest BCUT2D eigenvalue weighted by molar-refractivity contribution is 6.30. The lowest BCUT2D eigenvalue weighted by Gasteiger charge is -2.18. The summed E-state index contributed by atoms with van der Waals surface area (Å²) in [5.74, 6) is 1.26. The van der Waals surface area contributed by atoms with E-state index in [-0.39, 0.29) is 0 Å². The zero-order chi connectivity index (χ0) is 15.2. The van der Waals surface area contributed by atoms with Crippen LogP contribution in [0.5, 0.6) is 5.75 Å². The molecule has 0 radical (unpaired) electrons. The molecule has 0 bridgehead atoms. The van der Waals surface area contributed by atoms with Crippen LogP contribution in [0.1, 0.15) is 29.5 Å². The predicted octanol–water partition coefficient (Wildman–Crippen LogP) is 4.20. The van der Waals surface area contributed by atoms with Gasteiger partial charge < -0.3 is 10.5 Å². The third-order valence-corrected chi connectivity index (χ3v) is 4.09. The zero-order valence-electron chi connectivity index (χ0n) is 12.6. The first-order valence-electron chi connectivity index (χ1n) is 7.29. The number of ether oxygens (including phenoxy) is 1. The summed E-state index contributed by atoms with van der Waals surface area (Å²) in [6.07, 6.45) is 1.87. The van der Waals surface area contributed by atoms with E-state index in [9.17, 15) is 0 Å². The third-order valence-electron chi connectivity index (χ3n) is 3.84. The number of rotatable bonds is 6. The molecule has 0 aliphatic heterocycles. The van der Waals surface area contributed by atoms with Crippen molar-refractivity contribution in [1.82, 2.24) is 0 Å². The maximum atomic E-state index is 5.99. The molecule has 0 saturated heterocycles. The van der Waals surface area contributed by atoms with Crippen molar-refractivity contribution in [3.05, 3.63) is 64.2 Å². The second kappa shape index (κ2) is 7.48. The summed E-state index contributed by atoms with van der Waals surface area (Å²) in [6.45, 7) is 2.76. The van der Waals surface area contributed by atoms with Gasteiger partial charge in [0.15, 0.2) is 0 Å². The van der Waals surface area contributed by atoms with Crippen LogP contribution in [0, 0.1) is 0 Å². The Kier molecular flexibility index (Phi) is 5.66. The van der Waals surface area contributed by atoms with Crippen molar-refractivity contribution in [2.75, 3.05) is 13.7 Å². The van der Waals surface area contributed by atoms with Crippen LogP contribution in [0.25, 0.3) is 0 Å². The summed E-state index contributed by atoms with van der Waals surface area (Å²) in [6, 6.07) is 14.4. The molecule has 3 heteroatoms. The fourth-order valence-electron chi connectivity index (χ4n) is 2.57. The quantitative estimate of drug-likeness (QED) is 0.868. The summed E-state index contributed by atoms with van der Waals surface area (Å²) in [5, 5.41) is 0.765. The van der Waals surface area contributed by atoms with Crippen LogP contribution in [-0.2, 0) is 12.8 Å². The average Bonchev–Trinajstić information content (AvgIpc) is 2.53. The molecule has 0 heterocycles. The van der Waals surface area contributed by atoms with Gasteiger partial charge in [-0.05, 0) is 54.3 Å². The maximum absolute atomic E-state index is 5.99. The molecule has 2 nitrogen and oxygen atoms in total. The van der Waals surface area contributed by atoms with E-state index in [0.717, 1.165) is 23.6 Å². The molecule has 0 saturated carbocycles. The summed E-state index contributed by atoms with van der Waals surface area (Å²) < 4.78 is 5.39. The van der Waals surface area contributed by atoms with E-state index in [0.29, 0.717) is 12.5 Å². The number of methoxy groups -OCH3 is 1. The molecule has 112 valence electrons. The molecule has 0 aliphatic rings. The molecule has 1 unspecified atom stereocenters. The Hall–Kier alpha value is -1.51. The molecule has 2 aromatic rings. The Morgan fingerprint density at radius 3 is 2.43 bits per heavy atom. The van der Waals surface area contributed by atoms with Crippen LogP contribution in [0.2, 0.25) is 5.02 Å². The Balaban J connectivity index is 2.22. The van der Waals surface area contributed by atoms with Crippen LogP contribution in [0.3, 0.4) is 0 Å². The van der Waals surface area contributed by atoms with Crippen molar-refractivity contribution in [2.24, 2.45) is 5.73 Å². The van der Waals surface area contributed by atoms with Gasteiger partial charge in [0, 0.05) is 10.9 Å². The molecule has 0 spiro atoms. The highest BCUT2D eigenvalue weighted by Crippen LogP contribution is 2.27. The van der Waals surface area contributed by atoms with Crippen molar-refractivity contribution in [1.29, 1.82) is 0 Å². The van der Waals surface area contributed by atoms with Crippen molar-refractivity contribution in [3.63, 3.8) is 0 Å². The standard InChI is InChI=1S/C18H22ClNO/c1-3-14-11-15(6-9-18(14)21-2)16(12-20)10-13-4-7-17(19)8-5-13/h4-9,11,16H,3,10,12,20H2,1-2H3. The van der Waals surface area contributed by atoms with Gasteiger partial charge in [-0.2, -0.15) is 0 Å². The van der Waals surface area contributed by atoms with Crippen LogP contribution in [0.4, 0.5) is 0 Å². The van der Waals surface area contributed by atoms with Crippen LogP contribution >= 0.6 is 11.6 Å². The predicted molar refractivity (Wildman–Crippen MR) is 89.3 cm³/mol. The first-order valence-corrected chi connectivity index (χ1v) is 7.67. The highest BCUT2D eigenvalue weighted by Gasteiger charge is 2.13. The normalized spacial score (nSPS) is 12.2. The SMILES string of the molecule is CCc1cc(C(CN)Cc2ccc(Cl)cc2)ccc1OC. The van der Waals surface area contributed by atoms with Gasteiger partial charge in [-0.3, -0.25) is 0 Å². The Bertz CT molecular complexity index is 580. The van der Waals surface area contributed by atoms with Gasteiger partial charge in [0.25, 0.3) is 0 Å². The van der Waals surface area contributed by atoms with Crippen LogP contribution in [-0.4, -0.2) is 13.7 Å². The van der Waals surface area contributed by atoms with Gasteiger partial charge in [-0.1, -0.05) is 42.8 Å². The lowest BCUT2D eigenvalue weighted by atomic mass is 9.90. The molecule has 0 amide bonds. The second-order valence-electron chi connectivity index (χ2n) is 5.19. The number of hydrogen-bond donors (Lipinski definition) is 1. The molecule has 1 atom stereocenters. The summed E-state index contributed by atoms with van der Waals surface area (Å²) in [4.78, 5) is 0. The van der Waals surface area contributed by atoms with Gasteiger partial charge in [-0.25, -0.2) is 0 Å². The topological polar surface area (TPSA) is 35.2 Å². The molecular formula is C18H22ClNO. The van der Waals surface area contributed by atoms with Gasteiger partial charge in [-0.15, -0.1) is 0 Å². The molecule has 2 N–H and O–H groups in total. The van der Waals surface area contributed by atoms with Crippen molar-refractivity contribution in [2.45, 2.75) is 25.7 Å². The molecule has 2 aromatic carbocycles. The Morgan fingerprint density at radius 2 is 1.86 bits per heavy atom. The zero-order valence-corrected chi connectivity index (χ0v) is 13.4. The average molecular weight is 304 g/mol. The molecule has 0 aliphatic carbocycles. The number of halogens is 1. The van der Waals surface area contributed by atoms with E-state index in [1.807, 2.05) is 18.2 Å². The van der Waals surface area contributed by atoms with Crippen LogP contribution in [0.15, 0.2) is 42.5 Å². The van der Waals surface area contributed by atoms with E-state index < -0.39 is 0 Å². The second-order valence-corrected chi connectivity index (χ2v) is 5.62. The number of benzene rings is 2. The number of nitrogens with two attached hydrogens (primary N) is 1. The van der Waals surface area contributed by atoms with Gasteiger partial charge in [0.05, 0.1) is 7.11 Å². The highest BCUT2D eigenvalue weighted by atomic mass is 35.5. The summed E-state index contributed by atoms with van der Waals surface area (Å²) in [5.41, 5.74) is 9.74. The van der Waals surface area contributed by atoms with E-state index >= 15 is 0 Å². The first-order chi connectivity index (χ1) is 10.2. The van der Waals surface area contributed by atoms with Gasteiger partial charge in [0.2, 0.25) is 0 Å². The first kappa shape index (κ1) is 15.9. The van der Waals surface area contributed by atoms with Crippen LogP contribution < -0.4 is 10.5 Å². The Morgan fingerprint density at radius 1 is 1.14 bits per heavy atom. The minimum Gasteiger partial charge on any atom is -0.496 e. The fourth-order valence-corrected chi connectivity index (χ4v) is 2.70. The minimum atomic E-state index is 0.308. The molecule has 21 heavy (non-hydrogen) atoms. The summed E-state index contributed by atoms with van der Waals surface area (Å²) >= 11 is 5.93. The molecule has 2 rings (SSSR count). The largest absolute Gasteiger partial charge is 0.496 e. The van der Waals surface area contributed by atoms with Crippen molar-refractivity contribution >= 4 is 11.6 Å². The lowest BCUT2D eigenvalue weighted by molar-refractivity contribution is 0.410. The van der Waals surface area contributed by atoms with E-state index in [1.54, 1.807) is 7.11 Å². The Labute approximate surface area is 131 Å². The number of aryl methyl sites for hydroxylation is 1. The van der Waals surface area contributed by atoms with Crippen molar-refractivity contribution in [3.8, 4) is 5.75 Å². The van der Waals surface area contributed by atoms with Gasteiger partial charge in [0.1, 0.15) is 5.75 Å². The van der Waals surface area contributed by atoms with E-state index in [4.69, 9.17) is 22.1 Å². The monoisotopic (exact) mass is 303 g/mol. The number of hydrogen-bond acceptors (Lipinski definition) is 2. The van der Waals surface area contributed by atoms with E-state index in [1.165, 1.54) is 16.7 Å². The lowest BCUT2D eigenvalue weighted by Crippen LogP contribution is -2.15. The van der Waals surface area contributed by atoms with Crippen molar-refractivity contribution < 1.29 is 4.74 Å². The summed E-state index contributed by atoms with van der Waals surface area (Å²) in [7, 11) is 1.71. The molecule has 0 fully saturated rings. The third kappa shape index (κ3) is 3.99.